The van der Waals surface area contributed by atoms with Gasteiger partial charge in [0.25, 0.3) is 5.89 Å². The fourth-order valence-corrected chi connectivity index (χ4v) is 2.06. The molecule has 0 spiro atoms. The Morgan fingerprint density at radius 2 is 1.91 bits per heavy atom. The average Bonchev–Trinajstić information content (AvgIpc) is 3.23. The second kappa shape index (κ2) is 6.11. The van der Waals surface area contributed by atoms with Crippen LogP contribution in [0.4, 0.5) is 0 Å². The van der Waals surface area contributed by atoms with Gasteiger partial charge in [-0.05, 0) is 12.0 Å². The molecule has 1 atom stereocenters. The van der Waals surface area contributed by atoms with Crippen molar-refractivity contribution in [3.63, 3.8) is 0 Å². The highest BCUT2D eigenvalue weighted by molar-refractivity contribution is 5.57. The molecular formula is C16H18N4O2. The van der Waals surface area contributed by atoms with E-state index in [1.165, 1.54) is 0 Å². The lowest BCUT2D eigenvalue weighted by atomic mass is 10.1. The predicted octanol–water partition coefficient (Wildman–Crippen LogP) is 3.36. The van der Waals surface area contributed by atoms with Crippen LogP contribution in [0.5, 0.6) is 0 Å². The largest absolute Gasteiger partial charge is 0.351 e. The first kappa shape index (κ1) is 14.5. The molecule has 3 aromatic rings. The lowest BCUT2D eigenvalue weighted by Gasteiger charge is -1.99. The Kier molecular flexibility index (Phi) is 4.02. The monoisotopic (exact) mass is 298 g/mol. The van der Waals surface area contributed by atoms with Crippen LogP contribution in [0.15, 0.2) is 39.4 Å². The number of benzene rings is 1. The van der Waals surface area contributed by atoms with E-state index in [1.54, 1.807) is 0 Å². The van der Waals surface area contributed by atoms with E-state index in [0.29, 0.717) is 29.9 Å². The molecule has 0 fully saturated rings. The Morgan fingerprint density at radius 3 is 2.59 bits per heavy atom. The average molecular weight is 298 g/mol. The van der Waals surface area contributed by atoms with Gasteiger partial charge in [0.1, 0.15) is 0 Å². The zero-order chi connectivity index (χ0) is 15.5. The SMILES string of the molecule is CCC(C)c1cc(-c2nc(-c3ccc(CN)cc3)no2)on1. The van der Waals surface area contributed by atoms with Crippen LogP contribution in [0.3, 0.4) is 0 Å². The first-order valence-corrected chi connectivity index (χ1v) is 7.31. The van der Waals surface area contributed by atoms with E-state index < -0.39 is 0 Å². The highest BCUT2D eigenvalue weighted by Gasteiger charge is 2.17. The lowest BCUT2D eigenvalue weighted by molar-refractivity contribution is 0.379. The Morgan fingerprint density at radius 1 is 1.14 bits per heavy atom. The number of rotatable bonds is 5. The molecule has 0 aliphatic carbocycles. The van der Waals surface area contributed by atoms with Gasteiger partial charge in [0, 0.05) is 24.1 Å². The fourth-order valence-electron chi connectivity index (χ4n) is 2.06. The third-order valence-electron chi connectivity index (χ3n) is 3.73. The number of hydrogen-bond donors (Lipinski definition) is 1. The van der Waals surface area contributed by atoms with E-state index in [-0.39, 0.29) is 0 Å². The van der Waals surface area contributed by atoms with E-state index in [9.17, 15) is 0 Å². The molecule has 1 aromatic carbocycles. The summed E-state index contributed by atoms with van der Waals surface area (Å²) >= 11 is 0. The minimum absolute atomic E-state index is 0.333. The van der Waals surface area contributed by atoms with E-state index in [0.717, 1.165) is 23.2 Å². The maximum atomic E-state index is 5.59. The summed E-state index contributed by atoms with van der Waals surface area (Å²) in [5.41, 5.74) is 8.41. The number of aromatic nitrogens is 3. The maximum absolute atomic E-state index is 5.59. The Bertz CT molecular complexity index is 746. The molecule has 1 unspecified atom stereocenters. The van der Waals surface area contributed by atoms with Crippen molar-refractivity contribution in [2.75, 3.05) is 0 Å². The minimum atomic E-state index is 0.333. The lowest BCUT2D eigenvalue weighted by Crippen LogP contribution is -1.95. The molecular weight excluding hydrogens is 280 g/mol. The summed E-state index contributed by atoms with van der Waals surface area (Å²) in [7, 11) is 0. The second-order valence-electron chi connectivity index (χ2n) is 5.25. The first-order chi connectivity index (χ1) is 10.7. The van der Waals surface area contributed by atoms with E-state index in [2.05, 4.69) is 29.1 Å². The topological polar surface area (TPSA) is 91.0 Å². The van der Waals surface area contributed by atoms with Gasteiger partial charge in [-0.2, -0.15) is 4.98 Å². The second-order valence-corrected chi connectivity index (χ2v) is 5.25. The van der Waals surface area contributed by atoms with Crippen LogP contribution in [-0.2, 0) is 6.54 Å². The van der Waals surface area contributed by atoms with Crippen molar-refractivity contribution in [2.45, 2.75) is 32.7 Å². The Labute approximate surface area is 128 Å². The van der Waals surface area contributed by atoms with Crippen molar-refractivity contribution in [3.05, 3.63) is 41.6 Å². The molecule has 6 heteroatoms. The highest BCUT2D eigenvalue weighted by Crippen LogP contribution is 2.26. The van der Waals surface area contributed by atoms with Gasteiger partial charge in [-0.1, -0.05) is 48.4 Å². The van der Waals surface area contributed by atoms with Crippen molar-refractivity contribution < 1.29 is 9.05 Å². The maximum Gasteiger partial charge on any atom is 0.296 e. The molecule has 0 saturated heterocycles. The molecule has 3 rings (SSSR count). The standard InChI is InChI=1S/C16H18N4O2/c1-3-10(2)13-8-14(21-19-13)16-18-15(20-22-16)12-6-4-11(9-17)5-7-12/h4-8,10H,3,9,17H2,1-2H3. The van der Waals surface area contributed by atoms with Crippen LogP contribution < -0.4 is 5.73 Å². The van der Waals surface area contributed by atoms with Gasteiger partial charge in [0.15, 0.2) is 0 Å². The van der Waals surface area contributed by atoms with Crippen LogP contribution in [0.1, 0.15) is 37.4 Å². The van der Waals surface area contributed by atoms with Crippen molar-refractivity contribution in [3.8, 4) is 23.0 Å². The van der Waals surface area contributed by atoms with E-state index in [1.807, 2.05) is 30.3 Å². The molecule has 114 valence electrons. The van der Waals surface area contributed by atoms with Gasteiger partial charge in [-0.25, -0.2) is 0 Å². The normalized spacial score (nSPS) is 12.5. The van der Waals surface area contributed by atoms with Crippen LogP contribution in [0, 0.1) is 0 Å². The predicted molar refractivity (Wildman–Crippen MR) is 81.8 cm³/mol. The van der Waals surface area contributed by atoms with Gasteiger partial charge in [-0.3, -0.25) is 0 Å². The number of nitrogens with two attached hydrogens (primary N) is 1. The molecule has 2 heterocycles. The van der Waals surface area contributed by atoms with Crippen molar-refractivity contribution in [2.24, 2.45) is 5.73 Å². The van der Waals surface area contributed by atoms with Crippen LogP contribution >= 0.6 is 0 Å². The Hall–Kier alpha value is -2.47. The summed E-state index contributed by atoms with van der Waals surface area (Å²) < 4.78 is 10.6. The number of hydrogen-bond acceptors (Lipinski definition) is 6. The Balaban J connectivity index is 1.85. The van der Waals surface area contributed by atoms with Crippen LogP contribution in [-0.4, -0.2) is 15.3 Å². The van der Waals surface area contributed by atoms with E-state index in [4.69, 9.17) is 14.8 Å². The third-order valence-corrected chi connectivity index (χ3v) is 3.73. The summed E-state index contributed by atoms with van der Waals surface area (Å²) in [5, 5.41) is 8.04. The minimum Gasteiger partial charge on any atom is -0.351 e. The van der Waals surface area contributed by atoms with E-state index >= 15 is 0 Å². The number of nitrogens with zero attached hydrogens (tertiary/aromatic N) is 3. The van der Waals surface area contributed by atoms with Crippen molar-refractivity contribution in [1.82, 2.24) is 15.3 Å². The molecule has 22 heavy (non-hydrogen) atoms. The van der Waals surface area contributed by atoms with Crippen molar-refractivity contribution in [1.29, 1.82) is 0 Å². The van der Waals surface area contributed by atoms with Gasteiger partial charge >= 0.3 is 0 Å². The smallest absolute Gasteiger partial charge is 0.296 e. The van der Waals surface area contributed by atoms with Crippen LogP contribution in [0.2, 0.25) is 0 Å². The molecule has 0 aliphatic heterocycles. The molecule has 0 aliphatic rings. The van der Waals surface area contributed by atoms with Gasteiger partial charge in [0.2, 0.25) is 11.6 Å². The molecule has 0 radical (unpaired) electrons. The third kappa shape index (κ3) is 2.78. The molecule has 2 aromatic heterocycles. The molecule has 0 amide bonds. The summed E-state index contributed by atoms with van der Waals surface area (Å²) in [5.74, 6) is 1.68. The fraction of sp³-hybridized carbons (Fsp3) is 0.312. The van der Waals surface area contributed by atoms with Crippen molar-refractivity contribution >= 4 is 0 Å². The highest BCUT2D eigenvalue weighted by atomic mass is 16.5. The van der Waals surface area contributed by atoms with Gasteiger partial charge < -0.3 is 14.8 Å². The van der Waals surface area contributed by atoms with Gasteiger partial charge in [-0.15, -0.1) is 0 Å². The summed E-state index contributed by atoms with van der Waals surface area (Å²) in [4.78, 5) is 4.36. The van der Waals surface area contributed by atoms with Gasteiger partial charge in [0.05, 0.1) is 5.69 Å². The quantitative estimate of drug-likeness (QED) is 0.776. The summed E-state index contributed by atoms with van der Waals surface area (Å²) in [6, 6.07) is 9.58. The molecule has 6 nitrogen and oxygen atoms in total. The molecule has 0 saturated carbocycles. The molecule has 0 bridgehead atoms. The zero-order valence-corrected chi connectivity index (χ0v) is 12.6. The summed E-state index contributed by atoms with van der Waals surface area (Å²) in [6.07, 6.45) is 0.995. The zero-order valence-electron chi connectivity index (χ0n) is 12.6. The molecule has 2 N–H and O–H groups in total. The van der Waals surface area contributed by atoms with Crippen LogP contribution in [0.25, 0.3) is 23.0 Å². The summed E-state index contributed by atoms with van der Waals surface area (Å²) in [6.45, 7) is 4.71. The first-order valence-electron chi connectivity index (χ1n) is 7.31.